The second-order valence-corrected chi connectivity index (χ2v) is 5.56. The van der Waals surface area contributed by atoms with E-state index in [9.17, 15) is 14.4 Å². The van der Waals surface area contributed by atoms with E-state index in [1.165, 1.54) is 21.7 Å². The lowest BCUT2D eigenvalue weighted by Gasteiger charge is -2.30. The van der Waals surface area contributed by atoms with Crippen molar-refractivity contribution in [3.05, 3.63) is 28.2 Å². The van der Waals surface area contributed by atoms with Gasteiger partial charge in [-0.1, -0.05) is 13.3 Å². The number of hydrogen-bond donors (Lipinski definition) is 1. The minimum Gasteiger partial charge on any atom is -0.481 e. The summed E-state index contributed by atoms with van der Waals surface area (Å²) in [6.45, 7) is 3.22. The quantitative estimate of drug-likeness (QED) is 0.875. The number of piperidine rings is 1. The van der Waals surface area contributed by atoms with Crippen molar-refractivity contribution in [1.82, 2.24) is 14.7 Å². The highest BCUT2D eigenvalue weighted by Crippen LogP contribution is 2.18. The second-order valence-electron chi connectivity index (χ2n) is 5.56. The maximum Gasteiger partial charge on any atom is 0.308 e. The molecule has 0 saturated carbocycles. The molecule has 7 nitrogen and oxygen atoms in total. The Kier molecular flexibility index (Phi) is 5.30. The lowest BCUT2D eigenvalue weighted by Crippen LogP contribution is -2.43. The zero-order chi connectivity index (χ0) is 16.1. The third kappa shape index (κ3) is 3.72. The Hall–Kier alpha value is -2.18. The van der Waals surface area contributed by atoms with Gasteiger partial charge in [0.1, 0.15) is 5.69 Å². The molecule has 1 aromatic rings. The number of likely N-dealkylation sites (tertiary alicyclic amines) is 1. The molecule has 2 rings (SSSR count). The Morgan fingerprint density at radius 3 is 2.86 bits per heavy atom. The number of carbonyl (C=O) groups excluding carboxylic acids is 1. The SMILES string of the molecule is CCCCn1nc(C(=O)N2CCC[C@H](C(=O)O)C2)ccc1=O. The van der Waals surface area contributed by atoms with Gasteiger partial charge in [0.25, 0.3) is 11.5 Å². The summed E-state index contributed by atoms with van der Waals surface area (Å²) in [7, 11) is 0. The molecule has 1 atom stereocenters. The molecule has 2 heterocycles. The number of aryl methyl sites for hydroxylation is 1. The van der Waals surface area contributed by atoms with Crippen LogP contribution in [0.3, 0.4) is 0 Å². The van der Waals surface area contributed by atoms with Gasteiger partial charge in [0, 0.05) is 25.7 Å². The minimum atomic E-state index is -0.877. The van der Waals surface area contributed by atoms with Gasteiger partial charge >= 0.3 is 5.97 Å². The summed E-state index contributed by atoms with van der Waals surface area (Å²) in [5.74, 6) is -1.71. The summed E-state index contributed by atoms with van der Waals surface area (Å²) in [6, 6.07) is 2.76. The number of rotatable bonds is 5. The molecule has 1 aliphatic heterocycles. The number of hydrogen-bond acceptors (Lipinski definition) is 4. The first-order chi connectivity index (χ1) is 10.5. The van der Waals surface area contributed by atoms with E-state index in [-0.39, 0.29) is 23.7 Å². The zero-order valence-corrected chi connectivity index (χ0v) is 12.7. The Morgan fingerprint density at radius 2 is 2.18 bits per heavy atom. The summed E-state index contributed by atoms with van der Waals surface area (Å²) < 4.78 is 1.30. The van der Waals surface area contributed by atoms with Crippen molar-refractivity contribution < 1.29 is 14.7 Å². The van der Waals surface area contributed by atoms with Crippen LogP contribution in [0, 0.1) is 5.92 Å². The molecule has 1 N–H and O–H groups in total. The summed E-state index contributed by atoms with van der Waals surface area (Å²) >= 11 is 0. The van der Waals surface area contributed by atoms with Gasteiger partial charge in [-0.25, -0.2) is 4.68 Å². The molecular weight excluding hydrogens is 286 g/mol. The molecule has 7 heteroatoms. The molecule has 120 valence electrons. The fourth-order valence-electron chi connectivity index (χ4n) is 2.56. The molecule has 0 bridgehead atoms. The predicted molar refractivity (Wildman–Crippen MR) is 79.7 cm³/mol. The number of carboxylic acid groups (broad SMARTS) is 1. The summed E-state index contributed by atoms with van der Waals surface area (Å²) in [6.07, 6.45) is 2.99. The summed E-state index contributed by atoms with van der Waals surface area (Å²) in [5.41, 5.74) is -0.0335. The van der Waals surface area contributed by atoms with E-state index < -0.39 is 11.9 Å². The van der Waals surface area contributed by atoms with Gasteiger partial charge in [-0.3, -0.25) is 14.4 Å². The van der Waals surface area contributed by atoms with Gasteiger partial charge < -0.3 is 10.0 Å². The van der Waals surface area contributed by atoms with Crippen LogP contribution in [0.1, 0.15) is 43.1 Å². The smallest absolute Gasteiger partial charge is 0.308 e. The first-order valence-electron chi connectivity index (χ1n) is 7.63. The molecule has 1 aromatic heterocycles. The predicted octanol–water partition coefficient (Wildman–Crippen LogP) is 0.980. The number of aromatic nitrogens is 2. The van der Waals surface area contributed by atoms with Crippen LogP contribution in [0.2, 0.25) is 0 Å². The maximum atomic E-state index is 12.5. The fourth-order valence-corrected chi connectivity index (χ4v) is 2.56. The lowest BCUT2D eigenvalue weighted by atomic mass is 9.98. The third-order valence-electron chi connectivity index (χ3n) is 3.87. The van der Waals surface area contributed by atoms with Crippen molar-refractivity contribution in [1.29, 1.82) is 0 Å². The average Bonchev–Trinajstić information content (AvgIpc) is 2.53. The van der Waals surface area contributed by atoms with E-state index in [1.54, 1.807) is 0 Å². The van der Waals surface area contributed by atoms with Crippen LogP contribution in [0.25, 0.3) is 0 Å². The van der Waals surface area contributed by atoms with Crippen molar-refractivity contribution >= 4 is 11.9 Å². The van der Waals surface area contributed by atoms with Crippen LogP contribution < -0.4 is 5.56 Å². The van der Waals surface area contributed by atoms with Crippen molar-refractivity contribution in [2.75, 3.05) is 13.1 Å². The van der Waals surface area contributed by atoms with Crippen molar-refractivity contribution in [2.45, 2.75) is 39.2 Å². The molecule has 0 unspecified atom stereocenters. The van der Waals surface area contributed by atoms with Crippen molar-refractivity contribution in [3.8, 4) is 0 Å². The van der Waals surface area contributed by atoms with E-state index in [2.05, 4.69) is 5.10 Å². The number of aliphatic carboxylic acids is 1. The Balaban J connectivity index is 2.15. The number of nitrogens with zero attached hydrogens (tertiary/aromatic N) is 3. The topological polar surface area (TPSA) is 92.5 Å². The molecule has 0 spiro atoms. The first-order valence-corrected chi connectivity index (χ1v) is 7.63. The van der Waals surface area contributed by atoms with Crippen LogP contribution in [0.15, 0.2) is 16.9 Å². The van der Waals surface area contributed by atoms with Crippen LogP contribution in [-0.4, -0.2) is 44.8 Å². The monoisotopic (exact) mass is 307 g/mol. The Labute approximate surface area is 128 Å². The highest BCUT2D eigenvalue weighted by Gasteiger charge is 2.29. The van der Waals surface area contributed by atoms with Crippen LogP contribution in [0.5, 0.6) is 0 Å². The molecule has 1 aliphatic rings. The van der Waals surface area contributed by atoms with Gasteiger partial charge in [-0.2, -0.15) is 5.10 Å². The van der Waals surface area contributed by atoms with E-state index >= 15 is 0 Å². The van der Waals surface area contributed by atoms with E-state index in [4.69, 9.17) is 5.11 Å². The molecule has 1 amide bonds. The van der Waals surface area contributed by atoms with Crippen LogP contribution >= 0.6 is 0 Å². The third-order valence-corrected chi connectivity index (χ3v) is 3.87. The molecular formula is C15H21N3O4. The highest BCUT2D eigenvalue weighted by atomic mass is 16.4. The molecule has 22 heavy (non-hydrogen) atoms. The largest absolute Gasteiger partial charge is 0.481 e. The van der Waals surface area contributed by atoms with E-state index in [0.29, 0.717) is 25.9 Å². The molecule has 1 fully saturated rings. The normalized spacial score (nSPS) is 18.2. The number of unbranched alkanes of at least 4 members (excludes halogenated alkanes) is 1. The molecule has 1 saturated heterocycles. The standard InChI is InChI=1S/C15H21N3O4/c1-2-3-9-18-13(19)7-6-12(16-18)14(20)17-8-4-5-11(10-17)15(21)22/h6-7,11H,2-5,8-10H2,1H3,(H,21,22)/t11-/m0/s1. The molecule has 0 aromatic carbocycles. The average molecular weight is 307 g/mol. The summed E-state index contributed by atoms with van der Waals surface area (Å²) in [4.78, 5) is 36.8. The van der Waals surface area contributed by atoms with Gasteiger partial charge in [0.05, 0.1) is 5.92 Å². The van der Waals surface area contributed by atoms with Crippen molar-refractivity contribution in [2.24, 2.45) is 5.92 Å². The van der Waals surface area contributed by atoms with Gasteiger partial charge in [0.15, 0.2) is 0 Å². The van der Waals surface area contributed by atoms with Gasteiger partial charge in [-0.15, -0.1) is 0 Å². The number of carboxylic acids is 1. The van der Waals surface area contributed by atoms with Gasteiger partial charge in [-0.05, 0) is 25.3 Å². The first kappa shape index (κ1) is 16.2. The van der Waals surface area contributed by atoms with E-state index in [1.807, 2.05) is 6.92 Å². The minimum absolute atomic E-state index is 0.196. The second kappa shape index (κ2) is 7.20. The van der Waals surface area contributed by atoms with E-state index in [0.717, 1.165) is 12.8 Å². The molecule has 0 aliphatic carbocycles. The lowest BCUT2D eigenvalue weighted by molar-refractivity contribution is -0.143. The summed E-state index contributed by atoms with van der Waals surface area (Å²) in [5, 5.41) is 13.2. The Bertz CT molecular complexity index is 611. The highest BCUT2D eigenvalue weighted by molar-refractivity contribution is 5.92. The van der Waals surface area contributed by atoms with Crippen molar-refractivity contribution in [3.63, 3.8) is 0 Å². The molecule has 0 radical (unpaired) electrons. The van der Waals surface area contributed by atoms with Crippen LogP contribution in [-0.2, 0) is 11.3 Å². The van der Waals surface area contributed by atoms with Gasteiger partial charge in [0.2, 0.25) is 0 Å². The fraction of sp³-hybridized carbons (Fsp3) is 0.600. The number of carbonyl (C=O) groups is 2. The van der Waals surface area contributed by atoms with Crippen LogP contribution in [0.4, 0.5) is 0 Å². The maximum absolute atomic E-state index is 12.5. The number of amides is 1. The zero-order valence-electron chi connectivity index (χ0n) is 12.7. The Morgan fingerprint density at radius 1 is 1.41 bits per heavy atom.